The molecule has 0 aliphatic rings. The monoisotopic (exact) mass is 279 g/mol. The number of likely N-dealkylation sites (N-methyl/N-ethyl adjacent to an activating group) is 1. The van der Waals surface area contributed by atoms with Gasteiger partial charge in [0.15, 0.2) is 0 Å². The predicted molar refractivity (Wildman–Crippen MR) is 85.4 cm³/mol. The first kappa shape index (κ1) is 16.9. The highest BCUT2D eigenvalue weighted by atomic mass is 16.5. The third-order valence-corrected chi connectivity index (χ3v) is 3.28. The molecule has 0 spiro atoms. The van der Waals surface area contributed by atoms with Crippen LogP contribution in [-0.2, 0) is 17.7 Å². The van der Waals surface area contributed by atoms with Crippen LogP contribution in [0.15, 0.2) is 12.1 Å². The lowest BCUT2D eigenvalue weighted by atomic mass is 10.2. The van der Waals surface area contributed by atoms with E-state index in [-0.39, 0.29) is 0 Å². The number of nitrogens with one attached hydrogen (secondary N) is 1. The van der Waals surface area contributed by atoms with Gasteiger partial charge < -0.3 is 15.0 Å². The highest BCUT2D eigenvalue weighted by Gasteiger charge is 2.08. The zero-order valence-corrected chi connectivity index (χ0v) is 13.4. The van der Waals surface area contributed by atoms with E-state index in [0.29, 0.717) is 0 Å². The second-order valence-electron chi connectivity index (χ2n) is 4.74. The van der Waals surface area contributed by atoms with Crippen LogP contribution < -0.4 is 10.2 Å². The SMILES string of the molecule is CCNCc1cc(CC)nc(N(CC)CCOCC)c1. The van der Waals surface area contributed by atoms with Gasteiger partial charge in [-0.25, -0.2) is 4.98 Å². The van der Waals surface area contributed by atoms with Gasteiger partial charge in [0.2, 0.25) is 0 Å². The average molecular weight is 279 g/mol. The Morgan fingerprint density at radius 2 is 2.00 bits per heavy atom. The summed E-state index contributed by atoms with van der Waals surface area (Å²) in [6, 6.07) is 4.39. The Hall–Kier alpha value is -1.13. The minimum absolute atomic E-state index is 0.755. The molecular formula is C16H29N3O. The average Bonchev–Trinajstić information content (AvgIpc) is 2.49. The Labute approximate surface area is 123 Å². The number of nitrogens with zero attached hydrogens (tertiary/aromatic N) is 2. The molecule has 0 unspecified atom stereocenters. The Morgan fingerprint density at radius 1 is 1.20 bits per heavy atom. The standard InChI is InChI=1S/C16H29N3O/c1-5-15-11-14(13-17-6-2)12-16(18-15)19(7-3)9-10-20-8-4/h11-12,17H,5-10,13H2,1-4H3. The van der Waals surface area contributed by atoms with Crippen molar-refractivity contribution in [2.45, 2.75) is 40.7 Å². The summed E-state index contributed by atoms with van der Waals surface area (Å²) in [7, 11) is 0. The van der Waals surface area contributed by atoms with Gasteiger partial charge in [-0.1, -0.05) is 13.8 Å². The molecule has 4 heteroatoms. The van der Waals surface area contributed by atoms with Crippen LogP contribution in [0.3, 0.4) is 0 Å². The third kappa shape index (κ3) is 5.47. The van der Waals surface area contributed by atoms with Crippen molar-refractivity contribution in [2.24, 2.45) is 0 Å². The van der Waals surface area contributed by atoms with Crippen molar-refractivity contribution in [3.05, 3.63) is 23.4 Å². The molecule has 0 saturated carbocycles. The van der Waals surface area contributed by atoms with Gasteiger partial charge in [0.25, 0.3) is 0 Å². The zero-order valence-electron chi connectivity index (χ0n) is 13.4. The smallest absolute Gasteiger partial charge is 0.129 e. The van der Waals surface area contributed by atoms with E-state index in [2.05, 4.69) is 43.1 Å². The van der Waals surface area contributed by atoms with E-state index in [4.69, 9.17) is 9.72 Å². The van der Waals surface area contributed by atoms with E-state index in [1.165, 1.54) is 5.56 Å². The number of anilines is 1. The topological polar surface area (TPSA) is 37.4 Å². The van der Waals surface area contributed by atoms with Gasteiger partial charge >= 0.3 is 0 Å². The normalized spacial score (nSPS) is 10.8. The molecule has 4 nitrogen and oxygen atoms in total. The molecule has 1 aromatic heterocycles. The number of hydrogen-bond acceptors (Lipinski definition) is 4. The van der Waals surface area contributed by atoms with Crippen LogP contribution in [0.25, 0.3) is 0 Å². The van der Waals surface area contributed by atoms with Crippen molar-refractivity contribution in [3.8, 4) is 0 Å². The van der Waals surface area contributed by atoms with Crippen LogP contribution in [-0.4, -0.2) is 37.8 Å². The molecule has 114 valence electrons. The van der Waals surface area contributed by atoms with Gasteiger partial charge in [-0.05, 0) is 44.5 Å². The van der Waals surface area contributed by atoms with Gasteiger partial charge in [0.1, 0.15) is 5.82 Å². The Morgan fingerprint density at radius 3 is 2.60 bits per heavy atom. The lowest BCUT2D eigenvalue weighted by Gasteiger charge is -2.23. The van der Waals surface area contributed by atoms with Crippen molar-refractivity contribution in [3.63, 3.8) is 0 Å². The lowest BCUT2D eigenvalue weighted by Crippen LogP contribution is -2.28. The molecule has 0 saturated heterocycles. The van der Waals surface area contributed by atoms with Crippen LogP contribution in [0, 0.1) is 0 Å². The minimum atomic E-state index is 0.755. The Kier molecular flexibility index (Phi) is 8.23. The van der Waals surface area contributed by atoms with E-state index < -0.39 is 0 Å². The van der Waals surface area contributed by atoms with Crippen molar-refractivity contribution >= 4 is 5.82 Å². The number of aromatic nitrogens is 1. The van der Waals surface area contributed by atoms with Gasteiger partial charge in [0.05, 0.1) is 6.61 Å². The number of rotatable bonds is 10. The molecular weight excluding hydrogens is 250 g/mol. The zero-order chi connectivity index (χ0) is 14.8. The van der Waals surface area contributed by atoms with Gasteiger partial charge in [-0.15, -0.1) is 0 Å². The fourth-order valence-corrected chi connectivity index (χ4v) is 2.10. The summed E-state index contributed by atoms with van der Waals surface area (Å²) in [5.41, 5.74) is 2.47. The largest absolute Gasteiger partial charge is 0.380 e. The van der Waals surface area contributed by atoms with Gasteiger partial charge in [-0.2, -0.15) is 0 Å². The molecule has 0 aliphatic carbocycles. The third-order valence-electron chi connectivity index (χ3n) is 3.28. The highest BCUT2D eigenvalue weighted by Crippen LogP contribution is 2.16. The fraction of sp³-hybridized carbons (Fsp3) is 0.688. The fourth-order valence-electron chi connectivity index (χ4n) is 2.10. The summed E-state index contributed by atoms with van der Waals surface area (Å²) in [6.07, 6.45) is 0.968. The van der Waals surface area contributed by atoms with Crippen LogP contribution in [0.1, 0.15) is 39.0 Å². The first-order valence-electron chi connectivity index (χ1n) is 7.78. The summed E-state index contributed by atoms with van der Waals surface area (Å²) >= 11 is 0. The minimum Gasteiger partial charge on any atom is -0.380 e. The maximum Gasteiger partial charge on any atom is 0.129 e. The summed E-state index contributed by atoms with van der Waals surface area (Å²) in [5.74, 6) is 1.07. The second kappa shape index (κ2) is 9.72. The van der Waals surface area contributed by atoms with Crippen LogP contribution >= 0.6 is 0 Å². The Balaban J connectivity index is 2.83. The summed E-state index contributed by atoms with van der Waals surface area (Å²) in [6.45, 7) is 13.7. The molecule has 1 aromatic rings. The van der Waals surface area contributed by atoms with Crippen molar-refractivity contribution in [2.75, 3.05) is 37.7 Å². The first-order valence-corrected chi connectivity index (χ1v) is 7.78. The molecule has 0 fully saturated rings. The van der Waals surface area contributed by atoms with E-state index in [1.54, 1.807) is 0 Å². The quantitative estimate of drug-likeness (QED) is 0.668. The van der Waals surface area contributed by atoms with E-state index >= 15 is 0 Å². The maximum absolute atomic E-state index is 5.46. The number of pyridine rings is 1. The van der Waals surface area contributed by atoms with Crippen LogP contribution in [0.5, 0.6) is 0 Å². The molecule has 1 N–H and O–H groups in total. The first-order chi connectivity index (χ1) is 9.74. The highest BCUT2D eigenvalue weighted by molar-refractivity contribution is 5.42. The van der Waals surface area contributed by atoms with Gasteiger partial charge in [0, 0.05) is 31.9 Å². The molecule has 0 amide bonds. The lowest BCUT2D eigenvalue weighted by molar-refractivity contribution is 0.154. The molecule has 0 aliphatic heterocycles. The molecule has 1 heterocycles. The van der Waals surface area contributed by atoms with Gasteiger partial charge in [-0.3, -0.25) is 0 Å². The predicted octanol–water partition coefficient (Wildman–Crippen LogP) is 2.62. The summed E-state index contributed by atoms with van der Waals surface area (Å²) in [4.78, 5) is 7.03. The summed E-state index contributed by atoms with van der Waals surface area (Å²) in [5, 5.41) is 3.38. The van der Waals surface area contributed by atoms with Crippen molar-refractivity contribution in [1.82, 2.24) is 10.3 Å². The Bertz CT molecular complexity index is 382. The molecule has 0 atom stereocenters. The van der Waals surface area contributed by atoms with E-state index in [1.807, 2.05) is 6.92 Å². The molecule has 0 bridgehead atoms. The number of hydrogen-bond donors (Lipinski definition) is 1. The van der Waals surface area contributed by atoms with Crippen molar-refractivity contribution < 1.29 is 4.74 Å². The maximum atomic E-state index is 5.46. The van der Waals surface area contributed by atoms with E-state index in [0.717, 1.165) is 57.3 Å². The van der Waals surface area contributed by atoms with E-state index in [9.17, 15) is 0 Å². The molecule has 20 heavy (non-hydrogen) atoms. The number of aryl methyl sites for hydroxylation is 1. The molecule has 1 rings (SSSR count). The molecule has 0 aromatic carbocycles. The van der Waals surface area contributed by atoms with Crippen molar-refractivity contribution in [1.29, 1.82) is 0 Å². The molecule has 0 radical (unpaired) electrons. The van der Waals surface area contributed by atoms with Crippen LogP contribution in [0.2, 0.25) is 0 Å². The number of ether oxygens (including phenoxy) is 1. The van der Waals surface area contributed by atoms with Crippen LogP contribution in [0.4, 0.5) is 5.82 Å². The second-order valence-corrected chi connectivity index (χ2v) is 4.74. The summed E-state index contributed by atoms with van der Waals surface area (Å²) < 4.78 is 5.46.